The van der Waals surface area contributed by atoms with Crippen LogP contribution in [0.25, 0.3) is 5.82 Å². The molecule has 0 radical (unpaired) electrons. The van der Waals surface area contributed by atoms with Gasteiger partial charge in [0.15, 0.2) is 0 Å². The van der Waals surface area contributed by atoms with E-state index in [0.717, 1.165) is 37.1 Å². The number of nitrogens with zero attached hydrogens (tertiary/aromatic N) is 4. The molecule has 1 saturated heterocycles. The highest BCUT2D eigenvalue weighted by Gasteiger charge is 2.19. The SMILES string of the molecule is Cc1cnc(NC2CCCN(C)C2)nc1-n1ccc(C(=O)NC(CO)c2cccc(Cl)c2)c1. The molecule has 1 aromatic carbocycles. The van der Waals surface area contributed by atoms with Crippen molar-refractivity contribution in [2.24, 2.45) is 0 Å². The maximum atomic E-state index is 12.8. The van der Waals surface area contributed by atoms with Gasteiger partial charge in [-0.2, -0.15) is 4.98 Å². The number of rotatable bonds is 7. The second kappa shape index (κ2) is 10.3. The molecule has 33 heavy (non-hydrogen) atoms. The summed E-state index contributed by atoms with van der Waals surface area (Å²) in [7, 11) is 2.12. The second-order valence-corrected chi connectivity index (χ2v) is 8.95. The summed E-state index contributed by atoms with van der Waals surface area (Å²) in [5, 5.41) is 16.6. The fraction of sp³-hybridized carbons (Fsp3) is 0.375. The maximum Gasteiger partial charge on any atom is 0.253 e. The summed E-state index contributed by atoms with van der Waals surface area (Å²) in [6, 6.07) is 8.58. The first-order chi connectivity index (χ1) is 15.9. The van der Waals surface area contributed by atoms with Crippen LogP contribution in [0.4, 0.5) is 5.95 Å². The van der Waals surface area contributed by atoms with Crippen molar-refractivity contribution >= 4 is 23.5 Å². The third-order valence-electron chi connectivity index (χ3n) is 5.84. The largest absolute Gasteiger partial charge is 0.394 e. The van der Waals surface area contributed by atoms with Gasteiger partial charge in [-0.3, -0.25) is 4.79 Å². The fourth-order valence-electron chi connectivity index (χ4n) is 4.09. The van der Waals surface area contributed by atoms with E-state index in [4.69, 9.17) is 16.6 Å². The van der Waals surface area contributed by atoms with E-state index in [0.29, 0.717) is 28.4 Å². The Labute approximate surface area is 198 Å². The zero-order valence-electron chi connectivity index (χ0n) is 18.8. The summed E-state index contributed by atoms with van der Waals surface area (Å²) in [6.45, 7) is 3.78. The van der Waals surface area contributed by atoms with Gasteiger partial charge in [0.1, 0.15) is 5.82 Å². The minimum atomic E-state index is -0.551. The Balaban J connectivity index is 1.48. The highest BCUT2D eigenvalue weighted by molar-refractivity contribution is 6.30. The first-order valence-corrected chi connectivity index (χ1v) is 11.4. The Bertz CT molecular complexity index is 1120. The van der Waals surface area contributed by atoms with Gasteiger partial charge >= 0.3 is 0 Å². The number of aliphatic hydroxyl groups is 1. The van der Waals surface area contributed by atoms with Crippen molar-refractivity contribution in [1.82, 2.24) is 24.8 Å². The Kier molecular flexibility index (Phi) is 7.27. The van der Waals surface area contributed by atoms with E-state index >= 15 is 0 Å². The second-order valence-electron chi connectivity index (χ2n) is 8.52. The van der Waals surface area contributed by atoms with Crippen LogP contribution in [-0.4, -0.2) is 63.2 Å². The molecule has 4 rings (SSSR count). The standard InChI is InChI=1S/C24H29ClN6O2/c1-16-12-26-24(27-20-7-4-9-30(2)14-20)29-22(16)31-10-8-18(13-31)23(33)28-21(15-32)17-5-3-6-19(25)11-17/h3,5-6,8,10-13,20-21,32H,4,7,9,14-15H2,1-2H3,(H,28,33)(H,26,27,29). The van der Waals surface area contributed by atoms with Crippen LogP contribution in [0.15, 0.2) is 48.9 Å². The minimum Gasteiger partial charge on any atom is -0.394 e. The van der Waals surface area contributed by atoms with Crippen LogP contribution in [0.5, 0.6) is 0 Å². The molecule has 0 bridgehead atoms. The number of aliphatic hydroxyl groups excluding tert-OH is 1. The summed E-state index contributed by atoms with van der Waals surface area (Å²) >= 11 is 6.05. The lowest BCUT2D eigenvalue weighted by Gasteiger charge is -2.30. The van der Waals surface area contributed by atoms with E-state index < -0.39 is 6.04 Å². The van der Waals surface area contributed by atoms with E-state index in [2.05, 4.69) is 27.6 Å². The van der Waals surface area contributed by atoms with Crippen molar-refractivity contribution < 1.29 is 9.90 Å². The molecule has 8 nitrogen and oxygen atoms in total. The van der Waals surface area contributed by atoms with Crippen molar-refractivity contribution in [2.75, 3.05) is 32.1 Å². The van der Waals surface area contributed by atoms with Gasteiger partial charge in [-0.1, -0.05) is 23.7 Å². The molecule has 1 amide bonds. The van der Waals surface area contributed by atoms with Gasteiger partial charge in [-0.25, -0.2) is 4.98 Å². The number of aryl methyl sites for hydroxylation is 1. The lowest BCUT2D eigenvalue weighted by molar-refractivity contribution is 0.0916. The van der Waals surface area contributed by atoms with Crippen LogP contribution >= 0.6 is 11.6 Å². The molecular weight excluding hydrogens is 440 g/mol. The molecule has 3 N–H and O–H groups in total. The molecule has 174 valence electrons. The van der Waals surface area contributed by atoms with Crippen molar-refractivity contribution in [2.45, 2.75) is 31.8 Å². The molecule has 0 aliphatic carbocycles. The fourth-order valence-corrected chi connectivity index (χ4v) is 4.29. The Hall–Kier alpha value is -2.94. The molecule has 3 heterocycles. The van der Waals surface area contributed by atoms with Crippen molar-refractivity contribution in [3.63, 3.8) is 0 Å². The average molecular weight is 469 g/mol. The average Bonchev–Trinajstić information content (AvgIpc) is 3.29. The maximum absolute atomic E-state index is 12.8. The molecule has 9 heteroatoms. The summed E-state index contributed by atoms with van der Waals surface area (Å²) < 4.78 is 1.82. The van der Waals surface area contributed by atoms with E-state index in [1.807, 2.05) is 17.6 Å². The minimum absolute atomic E-state index is 0.233. The first kappa shape index (κ1) is 23.2. The number of amides is 1. The Morgan fingerprint density at radius 1 is 1.36 bits per heavy atom. The zero-order chi connectivity index (χ0) is 23.4. The predicted octanol–water partition coefficient (Wildman–Crippen LogP) is 3.20. The predicted molar refractivity (Wildman–Crippen MR) is 129 cm³/mol. The molecule has 1 aliphatic rings. The van der Waals surface area contributed by atoms with Gasteiger partial charge in [-0.05, 0) is 57.1 Å². The number of carbonyl (C=O) groups is 1. The summed E-state index contributed by atoms with van der Waals surface area (Å²) in [6.07, 6.45) is 7.55. The monoisotopic (exact) mass is 468 g/mol. The molecule has 2 atom stereocenters. The Morgan fingerprint density at radius 2 is 2.21 bits per heavy atom. The summed E-state index contributed by atoms with van der Waals surface area (Å²) in [5.74, 6) is 1.00. The number of anilines is 1. The van der Waals surface area contributed by atoms with Gasteiger partial charge in [-0.15, -0.1) is 0 Å². The molecule has 0 spiro atoms. The molecule has 2 unspecified atom stereocenters. The molecule has 3 aromatic rings. The number of halogens is 1. The number of benzene rings is 1. The number of hydrogen-bond acceptors (Lipinski definition) is 6. The van der Waals surface area contributed by atoms with E-state index in [1.54, 1.807) is 42.9 Å². The number of piperidine rings is 1. The van der Waals surface area contributed by atoms with Gasteiger partial charge in [0.25, 0.3) is 5.91 Å². The van der Waals surface area contributed by atoms with Gasteiger partial charge in [0.2, 0.25) is 5.95 Å². The van der Waals surface area contributed by atoms with Gasteiger partial charge in [0, 0.05) is 41.8 Å². The molecular formula is C24H29ClN6O2. The number of likely N-dealkylation sites (N-methyl/N-ethyl adjacent to an activating group) is 1. The lowest BCUT2D eigenvalue weighted by Crippen LogP contribution is -2.40. The summed E-state index contributed by atoms with van der Waals surface area (Å²) in [4.78, 5) is 24.3. The zero-order valence-corrected chi connectivity index (χ0v) is 19.6. The highest BCUT2D eigenvalue weighted by atomic mass is 35.5. The van der Waals surface area contributed by atoms with Crippen molar-refractivity contribution in [3.8, 4) is 5.82 Å². The van der Waals surface area contributed by atoms with Crippen LogP contribution in [-0.2, 0) is 0 Å². The van der Waals surface area contributed by atoms with Crippen LogP contribution in [0.2, 0.25) is 5.02 Å². The lowest BCUT2D eigenvalue weighted by atomic mass is 10.1. The van der Waals surface area contributed by atoms with Gasteiger partial charge < -0.3 is 25.2 Å². The normalized spacial score (nSPS) is 17.5. The highest BCUT2D eigenvalue weighted by Crippen LogP contribution is 2.20. The third-order valence-corrected chi connectivity index (χ3v) is 6.08. The van der Waals surface area contributed by atoms with E-state index in [9.17, 15) is 9.90 Å². The number of likely N-dealkylation sites (tertiary alicyclic amines) is 1. The molecule has 1 aliphatic heterocycles. The van der Waals surface area contributed by atoms with Crippen molar-refractivity contribution in [3.05, 3.63) is 70.6 Å². The van der Waals surface area contributed by atoms with Crippen LogP contribution in [0.3, 0.4) is 0 Å². The third kappa shape index (κ3) is 5.71. The number of nitrogens with one attached hydrogen (secondary N) is 2. The number of aromatic nitrogens is 3. The first-order valence-electron chi connectivity index (χ1n) is 11.1. The van der Waals surface area contributed by atoms with E-state index in [-0.39, 0.29) is 12.5 Å². The number of hydrogen-bond donors (Lipinski definition) is 3. The van der Waals surface area contributed by atoms with Gasteiger partial charge in [0.05, 0.1) is 18.2 Å². The van der Waals surface area contributed by atoms with Crippen LogP contribution in [0, 0.1) is 6.92 Å². The molecule has 1 fully saturated rings. The Morgan fingerprint density at radius 3 is 2.97 bits per heavy atom. The smallest absolute Gasteiger partial charge is 0.253 e. The summed E-state index contributed by atoms with van der Waals surface area (Å²) in [5.41, 5.74) is 2.11. The molecule has 0 saturated carbocycles. The topological polar surface area (TPSA) is 95.3 Å². The van der Waals surface area contributed by atoms with Crippen molar-refractivity contribution in [1.29, 1.82) is 0 Å². The van der Waals surface area contributed by atoms with Crippen LogP contribution in [0.1, 0.15) is 40.4 Å². The molecule has 2 aromatic heterocycles. The van der Waals surface area contributed by atoms with Crippen LogP contribution < -0.4 is 10.6 Å². The number of carbonyl (C=O) groups excluding carboxylic acids is 1. The van der Waals surface area contributed by atoms with E-state index in [1.165, 1.54) is 0 Å². The quantitative estimate of drug-likeness (QED) is 0.493.